The molecule has 1 fully saturated rings. The van der Waals surface area contributed by atoms with E-state index in [1.54, 1.807) is 10.7 Å². The van der Waals surface area contributed by atoms with Crippen molar-refractivity contribution in [3.63, 3.8) is 0 Å². The summed E-state index contributed by atoms with van der Waals surface area (Å²) >= 11 is 6.38. The number of amidine groups is 1. The van der Waals surface area contributed by atoms with E-state index in [-0.39, 0.29) is 5.91 Å². The molecule has 4 aromatic rings. The van der Waals surface area contributed by atoms with Crippen molar-refractivity contribution < 1.29 is 4.79 Å². The van der Waals surface area contributed by atoms with Gasteiger partial charge in [0, 0.05) is 0 Å². The lowest BCUT2D eigenvalue weighted by Crippen LogP contribution is -2.35. The number of para-hydroxylation sites is 1. The molecule has 1 unspecified atom stereocenters. The van der Waals surface area contributed by atoms with Gasteiger partial charge in [0.1, 0.15) is 5.52 Å². The Kier molecular flexibility index (Phi) is 4.67. The van der Waals surface area contributed by atoms with Gasteiger partial charge in [0.25, 0.3) is 5.91 Å². The Morgan fingerprint density at radius 1 is 1.00 bits per heavy atom. The highest BCUT2D eigenvalue weighted by atomic mass is 35.5. The smallest absolute Gasteiger partial charge is 0.276 e. The summed E-state index contributed by atoms with van der Waals surface area (Å²) in [5, 5.41) is 10.5. The lowest BCUT2D eigenvalue weighted by atomic mass is 10.2. The highest BCUT2D eigenvalue weighted by molar-refractivity contribution is 6.33. The number of fused-ring (bicyclic) bond motifs is 1. The first kappa shape index (κ1) is 19.3. The van der Waals surface area contributed by atoms with Crippen LogP contribution < -0.4 is 10.4 Å². The van der Waals surface area contributed by atoms with Crippen LogP contribution in [0.2, 0.25) is 5.02 Å². The first-order valence-corrected chi connectivity index (χ1v) is 10.2. The lowest BCUT2D eigenvalue weighted by Gasteiger charge is -2.16. The average molecular weight is 431 g/mol. The van der Waals surface area contributed by atoms with Gasteiger partial charge >= 0.3 is 0 Å². The Balaban J connectivity index is 1.66. The molecule has 0 bridgehead atoms. The van der Waals surface area contributed by atoms with Crippen molar-refractivity contribution >= 4 is 45.8 Å². The summed E-state index contributed by atoms with van der Waals surface area (Å²) in [4.78, 5) is 18.3. The molecule has 7 nitrogen and oxygen atoms in total. The number of rotatable bonds is 3. The van der Waals surface area contributed by atoms with Crippen LogP contribution in [0.5, 0.6) is 0 Å². The van der Waals surface area contributed by atoms with Crippen LogP contribution in [0.3, 0.4) is 0 Å². The predicted molar refractivity (Wildman–Crippen MR) is 122 cm³/mol. The number of hydrazine groups is 1. The van der Waals surface area contributed by atoms with Crippen molar-refractivity contribution in [3.05, 3.63) is 82.9 Å². The molecule has 31 heavy (non-hydrogen) atoms. The van der Waals surface area contributed by atoms with Gasteiger partial charge in [-0.15, -0.1) is 5.10 Å². The Bertz CT molecular complexity index is 1330. The number of aryl methyl sites for hydroxylation is 2. The molecule has 1 aromatic heterocycles. The van der Waals surface area contributed by atoms with E-state index in [9.17, 15) is 4.79 Å². The molecule has 1 aliphatic heterocycles. The number of carbonyl (C=O) groups excluding carboxylic acids is 1. The molecule has 1 amide bonds. The number of halogens is 1. The summed E-state index contributed by atoms with van der Waals surface area (Å²) < 4.78 is 1.60. The third-order valence-corrected chi connectivity index (χ3v) is 5.52. The Labute approximate surface area is 183 Å². The van der Waals surface area contributed by atoms with E-state index in [1.807, 2.05) is 74.5 Å². The fourth-order valence-electron chi connectivity index (χ4n) is 3.58. The standard InChI is InChI=1S/C23H19ClN6O/c1-14-7-10-16(11-8-14)29-23(31)21(30-20-6-4-3-5-18(20)26-28-30)22(27-29)25-19-13-15(2)9-12-17(19)24/h3-13,21H,1-2H3,(H,25,27). The third-order valence-electron chi connectivity index (χ3n) is 5.20. The zero-order valence-electron chi connectivity index (χ0n) is 17.0. The van der Waals surface area contributed by atoms with Gasteiger partial charge in [0.05, 0.1) is 21.9 Å². The van der Waals surface area contributed by atoms with E-state index in [4.69, 9.17) is 16.6 Å². The van der Waals surface area contributed by atoms with Crippen LogP contribution in [0.4, 0.5) is 11.4 Å². The molecule has 5 rings (SSSR count). The van der Waals surface area contributed by atoms with Crippen molar-refractivity contribution in [3.8, 4) is 0 Å². The van der Waals surface area contributed by atoms with Crippen LogP contribution >= 0.6 is 11.6 Å². The largest absolute Gasteiger partial charge is 0.278 e. The zero-order chi connectivity index (χ0) is 21.5. The number of aromatic nitrogens is 3. The molecular weight excluding hydrogens is 412 g/mol. The monoisotopic (exact) mass is 430 g/mol. The minimum Gasteiger partial charge on any atom is -0.276 e. The van der Waals surface area contributed by atoms with Crippen molar-refractivity contribution in [1.82, 2.24) is 20.4 Å². The Morgan fingerprint density at radius 2 is 1.74 bits per heavy atom. The van der Waals surface area contributed by atoms with Crippen LogP contribution in [-0.2, 0) is 4.79 Å². The van der Waals surface area contributed by atoms with Gasteiger partial charge < -0.3 is 0 Å². The minimum atomic E-state index is -0.801. The average Bonchev–Trinajstić information content (AvgIpc) is 3.32. The van der Waals surface area contributed by atoms with Crippen molar-refractivity contribution in [2.45, 2.75) is 19.9 Å². The summed E-state index contributed by atoms with van der Waals surface area (Å²) in [6, 6.07) is 20.0. The quantitative estimate of drug-likeness (QED) is 0.518. The molecule has 0 radical (unpaired) electrons. The van der Waals surface area contributed by atoms with E-state index in [2.05, 4.69) is 15.7 Å². The molecule has 0 aliphatic carbocycles. The number of aliphatic imine (C=N–C) groups is 1. The summed E-state index contributed by atoms with van der Waals surface area (Å²) in [5.41, 5.74) is 8.03. The Hall–Kier alpha value is -3.71. The number of anilines is 1. The van der Waals surface area contributed by atoms with Gasteiger partial charge in [-0.1, -0.05) is 52.7 Å². The van der Waals surface area contributed by atoms with E-state index < -0.39 is 6.04 Å². The molecule has 3 aromatic carbocycles. The minimum absolute atomic E-state index is 0.206. The number of carbonyl (C=O) groups is 1. The highest BCUT2D eigenvalue weighted by Crippen LogP contribution is 2.31. The van der Waals surface area contributed by atoms with Crippen LogP contribution in [0.1, 0.15) is 17.2 Å². The maximum Gasteiger partial charge on any atom is 0.278 e. The normalized spacial score (nSPS) is 17.5. The molecule has 0 spiro atoms. The molecule has 1 aliphatic rings. The van der Waals surface area contributed by atoms with E-state index in [0.29, 0.717) is 27.7 Å². The number of nitrogens with zero attached hydrogens (tertiary/aromatic N) is 5. The second-order valence-corrected chi connectivity index (χ2v) is 7.91. The van der Waals surface area contributed by atoms with E-state index in [0.717, 1.165) is 16.6 Å². The molecule has 0 saturated carbocycles. The van der Waals surface area contributed by atoms with Crippen LogP contribution in [0, 0.1) is 13.8 Å². The van der Waals surface area contributed by atoms with E-state index >= 15 is 0 Å². The van der Waals surface area contributed by atoms with E-state index in [1.165, 1.54) is 5.01 Å². The molecule has 1 saturated heterocycles. The fourth-order valence-corrected chi connectivity index (χ4v) is 3.74. The van der Waals surface area contributed by atoms with Crippen molar-refractivity contribution in [1.29, 1.82) is 0 Å². The zero-order valence-corrected chi connectivity index (χ0v) is 17.7. The van der Waals surface area contributed by atoms with Crippen molar-refractivity contribution in [2.75, 3.05) is 5.01 Å². The summed E-state index contributed by atoms with van der Waals surface area (Å²) in [5.74, 6) is 0.218. The molecular formula is C23H19ClN6O. The van der Waals surface area contributed by atoms with Gasteiger partial charge in [-0.2, -0.15) is 0 Å². The van der Waals surface area contributed by atoms with Crippen molar-refractivity contribution in [2.24, 2.45) is 4.99 Å². The lowest BCUT2D eigenvalue weighted by molar-refractivity contribution is -0.119. The van der Waals surface area contributed by atoms with Gasteiger partial charge in [0.15, 0.2) is 11.9 Å². The fraction of sp³-hybridized carbons (Fsp3) is 0.130. The highest BCUT2D eigenvalue weighted by Gasteiger charge is 2.41. The second kappa shape index (κ2) is 7.52. The number of hydrogen-bond donors (Lipinski definition) is 1. The number of hydrogen-bond acceptors (Lipinski definition) is 4. The van der Waals surface area contributed by atoms with Crippen LogP contribution in [0.15, 0.2) is 71.7 Å². The summed E-state index contributed by atoms with van der Waals surface area (Å²) in [6.45, 7) is 3.97. The maximum atomic E-state index is 13.5. The first-order chi connectivity index (χ1) is 15.0. The molecule has 1 N–H and O–H groups in total. The number of amides is 1. The third kappa shape index (κ3) is 3.43. The summed E-state index contributed by atoms with van der Waals surface area (Å²) in [7, 11) is 0. The molecule has 154 valence electrons. The van der Waals surface area contributed by atoms with Gasteiger partial charge in [-0.3, -0.25) is 10.2 Å². The van der Waals surface area contributed by atoms with Crippen LogP contribution in [-0.4, -0.2) is 26.7 Å². The molecule has 1 atom stereocenters. The predicted octanol–water partition coefficient (Wildman–Crippen LogP) is 4.52. The van der Waals surface area contributed by atoms with Gasteiger partial charge in [-0.25, -0.2) is 14.7 Å². The Morgan fingerprint density at radius 3 is 2.55 bits per heavy atom. The second-order valence-electron chi connectivity index (χ2n) is 7.50. The maximum absolute atomic E-state index is 13.5. The first-order valence-electron chi connectivity index (χ1n) is 9.83. The number of benzene rings is 3. The molecule has 8 heteroatoms. The topological polar surface area (TPSA) is 75.4 Å². The van der Waals surface area contributed by atoms with Crippen LogP contribution in [0.25, 0.3) is 11.0 Å². The summed E-state index contributed by atoms with van der Waals surface area (Å²) in [6.07, 6.45) is 0. The molecule has 2 heterocycles. The number of nitrogens with one attached hydrogen (secondary N) is 1. The van der Waals surface area contributed by atoms with Gasteiger partial charge in [0.2, 0.25) is 0 Å². The van der Waals surface area contributed by atoms with Gasteiger partial charge in [-0.05, 0) is 55.8 Å². The SMILES string of the molecule is Cc1ccc(N2NC(=Nc3cc(C)ccc3Cl)C(n3nnc4ccccc43)C2=O)cc1.